The van der Waals surface area contributed by atoms with Gasteiger partial charge in [0, 0.05) is 0 Å². The first-order chi connectivity index (χ1) is 7.33. The predicted octanol–water partition coefficient (Wildman–Crippen LogP) is 2.72. The lowest BCUT2D eigenvalue weighted by atomic mass is 10.3. The van der Waals surface area contributed by atoms with Gasteiger partial charge in [0.1, 0.15) is 5.69 Å². The SMILES string of the molecule is CCSc1scc(N)[n+]1-c1ccccc1. The summed E-state index contributed by atoms with van der Waals surface area (Å²) in [5, 5.41) is 1.99. The number of nitrogens with two attached hydrogens (primary N) is 1. The first-order valence-electron chi connectivity index (χ1n) is 4.80. The quantitative estimate of drug-likeness (QED) is 0.657. The molecule has 0 aliphatic rings. The van der Waals surface area contributed by atoms with Crippen molar-refractivity contribution in [1.82, 2.24) is 0 Å². The van der Waals surface area contributed by atoms with E-state index in [-0.39, 0.29) is 0 Å². The minimum absolute atomic E-state index is 0.808. The highest BCUT2D eigenvalue weighted by molar-refractivity contribution is 8.00. The summed E-state index contributed by atoms with van der Waals surface area (Å²) < 4.78 is 3.33. The van der Waals surface area contributed by atoms with Crippen molar-refractivity contribution in [2.24, 2.45) is 0 Å². The fourth-order valence-corrected chi connectivity index (χ4v) is 3.38. The number of benzene rings is 1. The van der Waals surface area contributed by atoms with Gasteiger partial charge in [-0.15, -0.1) is 0 Å². The van der Waals surface area contributed by atoms with E-state index in [0.717, 1.165) is 17.3 Å². The molecule has 0 unspecified atom stereocenters. The number of hydrogen-bond acceptors (Lipinski definition) is 3. The molecule has 0 radical (unpaired) electrons. The molecule has 0 aliphatic carbocycles. The van der Waals surface area contributed by atoms with Gasteiger partial charge in [-0.05, 0) is 17.9 Å². The van der Waals surface area contributed by atoms with Gasteiger partial charge in [-0.2, -0.15) is 4.57 Å². The summed E-state index contributed by atoms with van der Waals surface area (Å²) in [5.41, 5.74) is 7.10. The molecule has 15 heavy (non-hydrogen) atoms. The van der Waals surface area contributed by atoms with Crippen LogP contribution in [0.15, 0.2) is 40.1 Å². The second kappa shape index (κ2) is 4.68. The van der Waals surface area contributed by atoms with Gasteiger partial charge < -0.3 is 0 Å². The van der Waals surface area contributed by atoms with Crippen LogP contribution in [0.4, 0.5) is 5.82 Å². The number of anilines is 1. The Bertz CT molecular complexity index is 437. The number of thioether (sulfide) groups is 1. The molecule has 1 heterocycles. The van der Waals surface area contributed by atoms with Crippen molar-refractivity contribution in [3.05, 3.63) is 35.7 Å². The number of hydrogen-bond donors (Lipinski definition) is 1. The van der Waals surface area contributed by atoms with Gasteiger partial charge >= 0.3 is 0 Å². The molecule has 0 saturated heterocycles. The van der Waals surface area contributed by atoms with Crippen molar-refractivity contribution < 1.29 is 4.57 Å². The van der Waals surface area contributed by atoms with Crippen LogP contribution in [0.3, 0.4) is 0 Å². The highest BCUT2D eigenvalue weighted by Gasteiger charge is 2.16. The molecule has 2 N–H and O–H groups in total. The minimum atomic E-state index is 0.808. The van der Waals surface area contributed by atoms with E-state index in [0.29, 0.717) is 0 Å². The van der Waals surface area contributed by atoms with Crippen molar-refractivity contribution in [3.8, 4) is 5.69 Å². The maximum absolute atomic E-state index is 5.96. The Morgan fingerprint density at radius 3 is 2.73 bits per heavy atom. The first-order valence-corrected chi connectivity index (χ1v) is 6.66. The zero-order valence-corrected chi connectivity index (χ0v) is 10.1. The van der Waals surface area contributed by atoms with Gasteiger partial charge in [0.05, 0.1) is 5.38 Å². The Kier molecular flexibility index (Phi) is 3.28. The zero-order valence-electron chi connectivity index (χ0n) is 8.51. The van der Waals surface area contributed by atoms with Crippen LogP contribution in [0.2, 0.25) is 0 Å². The standard InChI is InChI=1S/C11H13N2S2/c1-2-14-11-13(10(12)8-15-11)9-6-4-3-5-7-9/h3-8H,2,12H2,1H3/q+1. The van der Waals surface area contributed by atoms with Crippen LogP contribution in [0, 0.1) is 0 Å². The third-order valence-corrected chi connectivity index (χ3v) is 4.11. The largest absolute Gasteiger partial charge is 0.289 e. The van der Waals surface area contributed by atoms with E-state index in [1.807, 2.05) is 35.3 Å². The molecule has 2 aromatic rings. The van der Waals surface area contributed by atoms with E-state index in [9.17, 15) is 0 Å². The van der Waals surface area contributed by atoms with Crippen molar-refractivity contribution in [2.75, 3.05) is 11.5 Å². The summed E-state index contributed by atoms with van der Waals surface area (Å²) in [6.45, 7) is 2.15. The number of nitrogen functional groups attached to an aromatic ring is 1. The molecule has 78 valence electrons. The third kappa shape index (κ3) is 2.16. The average molecular weight is 237 g/mol. The summed E-state index contributed by atoms with van der Waals surface area (Å²) in [7, 11) is 0. The minimum Gasteiger partial charge on any atom is -0.286 e. The third-order valence-electron chi connectivity index (χ3n) is 2.00. The highest BCUT2D eigenvalue weighted by atomic mass is 32.2. The maximum atomic E-state index is 5.96. The molecule has 0 saturated carbocycles. The molecule has 1 aromatic heterocycles. The smallest absolute Gasteiger partial charge is 0.286 e. The van der Waals surface area contributed by atoms with Gasteiger partial charge in [0.2, 0.25) is 4.34 Å². The van der Waals surface area contributed by atoms with E-state index < -0.39 is 0 Å². The number of rotatable bonds is 3. The zero-order chi connectivity index (χ0) is 10.7. The van der Waals surface area contributed by atoms with Crippen molar-refractivity contribution in [1.29, 1.82) is 0 Å². The molecule has 0 spiro atoms. The summed E-state index contributed by atoms with van der Waals surface area (Å²) in [5.74, 6) is 1.87. The Hall–Kier alpha value is -1.00. The van der Waals surface area contributed by atoms with Crippen molar-refractivity contribution in [3.63, 3.8) is 0 Å². The molecule has 0 aliphatic heterocycles. The Morgan fingerprint density at radius 1 is 1.33 bits per heavy atom. The number of nitrogens with zero attached hydrogens (tertiary/aromatic N) is 1. The van der Waals surface area contributed by atoms with Gasteiger partial charge in [0.25, 0.3) is 5.82 Å². The van der Waals surface area contributed by atoms with E-state index >= 15 is 0 Å². The summed E-state index contributed by atoms with van der Waals surface area (Å²) in [4.78, 5) is 0. The molecule has 0 atom stereocenters. The van der Waals surface area contributed by atoms with Crippen LogP contribution in [-0.2, 0) is 0 Å². The number of aromatic nitrogens is 1. The van der Waals surface area contributed by atoms with E-state index in [4.69, 9.17) is 5.73 Å². The number of thiazole rings is 1. The molecule has 2 rings (SSSR count). The van der Waals surface area contributed by atoms with Crippen molar-refractivity contribution >= 4 is 28.9 Å². The van der Waals surface area contributed by atoms with E-state index in [1.54, 1.807) is 11.3 Å². The molecular formula is C11H13N2S2+. The van der Waals surface area contributed by atoms with Crippen LogP contribution >= 0.6 is 23.1 Å². The molecule has 0 fully saturated rings. The van der Waals surface area contributed by atoms with Crippen LogP contribution in [-0.4, -0.2) is 5.75 Å². The average Bonchev–Trinajstić information content (AvgIpc) is 2.62. The fourth-order valence-electron chi connectivity index (χ4n) is 1.38. The second-order valence-corrected chi connectivity index (χ2v) is 5.40. The van der Waals surface area contributed by atoms with Crippen LogP contribution in [0.5, 0.6) is 0 Å². The van der Waals surface area contributed by atoms with Gasteiger partial charge in [-0.1, -0.05) is 48.2 Å². The lowest BCUT2D eigenvalue weighted by molar-refractivity contribution is -0.613. The predicted molar refractivity (Wildman–Crippen MR) is 66.7 cm³/mol. The normalized spacial score (nSPS) is 10.5. The highest BCUT2D eigenvalue weighted by Crippen LogP contribution is 2.23. The van der Waals surface area contributed by atoms with Gasteiger partial charge in [0.15, 0.2) is 0 Å². The second-order valence-electron chi connectivity index (χ2n) is 3.03. The molecule has 2 nitrogen and oxygen atoms in total. The lowest BCUT2D eigenvalue weighted by Gasteiger charge is -2.00. The van der Waals surface area contributed by atoms with Crippen LogP contribution < -0.4 is 10.3 Å². The number of para-hydroxylation sites is 1. The summed E-state index contributed by atoms with van der Waals surface area (Å²) in [6, 6.07) is 10.2. The van der Waals surface area contributed by atoms with Crippen LogP contribution in [0.25, 0.3) is 5.69 Å². The summed E-state index contributed by atoms with van der Waals surface area (Å²) in [6.07, 6.45) is 0. The van der Waals surface area contributed by atoms with E-state index in [1.165, 1.54) is 4.34 Å². The molecule has 1 aromatic carbocycles. The first kappa shape index (κ1) is 10.5. The molecule has 4 heteroatoms. The lowest BCUT2D eigenvalue weighted by Crippen LogP contribution is -2.33. The fraction of sp³-hybridized carbons (Fsp3) is 0.182. The molecule has 0 amide bonds. The van der Waals surface area contributed by atoms with Crippen molar-refractivity contribution in [2.45, 2.75) is 11.3 Å². The monoisotopic (exact) mass is 237 g/mol. The van der Waals surface area contributed by atoms with Gasteiger partial charge in [-0.3, -0.25) is 5.73 Å². The van der Waals surface area contributed by atoms with E-state index in [2.05, 4.69) is 23.6 Å². The Labute approximate surface area is 97.8 Å². The summed E-state index contributed by atoms with van der Waals surface area (Å²) >= 11 is 3.52. The van der Waals surface area contributed by atoms with Crippen LogP contribution in [0.1, 0.15) is 6.92 Å². The Morgan fingerprint density at radius 2 is 2.07 bits per heavy atom. The molecular weight excluding hydrogens is 224 g/mol. The van der Waals surface area contributed by atoms with Gasteiger partial charge in [-0.25, -0.2) is 0 Å². The topological polar surface area (TPSA) is 29.9 Å². The molecule has 0 bridgehead atoms. The maximum Gasteiger partial charge on any atom is 0.289 e. The Balaban J connectivity index is 2.47.